The molecule has 0 unspecified atom stereocenters. The average Bonchev–Trinajstić information content (AvgIpc) is 2.67. The van der Waals surface area contributed by atoms with E-state index in [2.05, 4.69) is 25.1 Å². The van der Waals surface area contributed by atoms with Crippen LogP contribution >= 0.6 is 0 Å². The molecular weight excluding hydrogens is 168 g/mol. The summed E-state index contributed by atoms with van der Waals surface area (Å²) in [5, 5.41) is 6.60. The molecule has 0 bridgehead atoms. The molecule has 0 radical (unpaired) electrons. The maximum absolute atomic E-state index is 5.37. The first-order valence-electron chi connectivity index (χ1n) is 3.79. The topological polar surface area (TPSA) is 93.4 Å². The van der Waals surface area contributed by atoms with Crippen molar-refractivity contribution >= 4 is 0 Å². The second-order valence-corrected chi connectivity index (χ2v) is 2.38. The third kappa shape index (κ3) is 1.52. The van der Waals surface area contributed by atoms with Crippen molar-refractivity contribution in [1.29, 1.82) is 0 Å². The molecule has 0 atom stereocenters. The van der Waals surface area contributed by atoms with Crippen molar-refractivity contribution in [3.8, 4) is 11.6 Å². The summed E-state index contributed by atoms with van der Waals surface area (Å²) in [4.78, 5) is 12.1. The molecule has 0 saturated heterocycles. The minimum atomic E-state index is 0.333. The van der Waals surface area contributed by atoms with Gasteiger partial charge in [-0.3, -0.25) is 5.10 Å². The van der Waals surface area contributed by atoms with Crippen molar-refractivity contribution in [2.24, 2.45) is 5.73 Å². The van der Waals surface area contributed by atoms with Crippen molar-refractivity contribution in [3.63, 3.8) is 0 Å². The Kier molecular flexibility index (Phi) is 1.97. The highest BCUT2D eigenvalue weighted by atomic mass is 15.2. The van der Waals surface area contributed by atoms with Gasteiger partial charge in [0.15, 0.2) is 5.82 Å². The van der Waals surface area contributed by atoms with E-state index in [0.717, 1.165) is 0 Å². The lowest BCUT2D eigenvalue weighted by Crippen LogP contribution is -1.98. The summed E-state index contributed by atoms with van der Waals surface area (Å²) >= 11 is 0. The van der Waals surface area contributed by atoms with Crippen molar-refractivity contribution in [2.45, 2.75) is 6.54 Å². The first-order chi connectivity index (χ1) is 6.40. The van der Waals surface area contributed by atoms with Gasteiger partial charge in [-0.15, -0.1) is 5.10 Å². The maximum Gasteiger partial charge on any atom is 0.219 e. The van der Waals surface area contributed by atoms with Crippen LogP contribution in [0.15, 0.2) is 18.5 Å². The highest BCUT2D eigenvalue weighted by Crippen LogP contribution is 2.05. The number of rotatable bonds is 2. The fourth-order valence-electron chi connectivity index (χ4n) is 0.901. The highest BCUT2D eigenvalue weighted by molar-refractivity contribution is 5.40. The van der Waals surface area contributed by atoms with Crippen molar-refractivity contribution in [1.82, 2.24) is 25.1 Å². The molecule has 3 N–H and O–H groups in total. The molecule has 0 amide bonds. The van der Waals surface area contributed by atoms with Crippen LogP contribution in [0.1, 0.15) is 5.82 Å². The lowest BCUT2D eigenvalue weighted by atomic mass is 10.5. The molecule has 2 rings (SSSR count). The molecule has 0 aliphatic rings. The van der Waals surface area contributed by atoms with Gasteiger partial charge in [0.1, 0.15) is 5.82 Å². The Hall–Kier alpha value is -1.82. The Morgan fingerprint density at radius 2 is 2.00 bits per heavy atom. The second-order valence-electron chi connectivity index (χ2n) is 2.38. The van der Waals surface area contributed by atoms with E-state index < -0.39 is 0 Å². The monoisotopic (exact) mass is 176 g/mol. The van der Waals surface area contributed by atoms with E-state index in [0.29, 0.717) is 24.0 Å². The number of hydrogen-bond acceptors (Lipinski definition) is 5. The second kappa shape index (κ2) is 3.28. The van der Waals surface area contributed by atoms with E-state index in [1.54, 1.807) is 18.5 Å². The SMILES string of the molecule is NCc1nc(-c2ncccn2)n[nH]1. The Labute approximate surface area is 74.2 Å². The van der Waals surface area contributed by atoms with E-state index in [4.69, 9.17) is 5.73 Å². The zero-order chi connectivity index (χ0) is 9.10. The molecule has 0 aromatic carbocycles. The molecule has 0 spiro atoms. The number of nitrogens with zero attached hydrogens (tertiary/aromatic N) is 4. The Morgan fingerprint density at radius 1 is 1.23 bits per heavy atom. The summed E-state index contributed by atoms with van der Waals surface area (Å²) in [6, 6.07) is 1.74. The van der Waals surface area contributed by atoms with Gasteiger partial charge in [0.05, 0.1) is 6.54 Å². The summed E-state index contributed by atoms with van der Waals surface area (Å²) < 4.78 is 0. The van der Waals surface area contributed by atoms with E-state index in [9.17, 15) is 0 Å². The molecule has 2 aromatic heterocycles. The minimum Gasteiger partial charge on any atom is -0.324 e. The van der Waals surface area contributed by atoms with Gasteiger partial charge in [-0.25, -0.2) is 15.0 Å². The normalized spacial score (nSPS) is 10.2. The van der Waals surface area contributed by atoms with Crippen LogP contribution in [-0.2, 0) is 6.54 Å². The predicted molar refractivity (Wildman–Crippen MR) is 45.3 cm³/mol. The van der Waals surface area contributed by atoms with E-state index in [1.165, 1.54) is 0 Å². The lowest BCUT2D eigenvalue weighted by Gasteiger charge is -1.89. The van der Waals surface area contributed by atoms with Crippen LogP contribution in [0.2, 0.25) is 0 Å². The molecule has 0 fully saturated rings. The summed E-state index contributed by atoms with van der Waals surface area (Å²) in [6.07, 6.45) is 3.28. The highest BCUT2D eigenvalue weighted by Gasteiger charge is 2.05. The summed E-state index contributed by atoms with van der Waals surface area (Å²) in [5.41, 5.74) is 5.37. The number of aromatic amines is 1. The standard InChI is InChI=1S/C7H8N6/c8-4-5-11-7(13-12-5)6-9-2-1-3-10-6/h1-3H,4,8H2,(H,11,12,13). The maximum atomic E-state index is 5.37. The van der Waals surface area contributed by atoms with Crippen LogP contribution in [0.25, 0.3) is 11.6 Å². The predicted octanol–water partition coefficient (Wildman–Crippen LogP) is -0.280. The van der Waals surface area contributed by atoms with Crippen LogP contribution in [0, 0.1) is 0 Å². The smallest absolute Gasteiger partial charge is 0.219 e. The number of nitrogens with one attached hydrogen (secondary N) is 1. The van der Waals surface area contributed by atoms with Crippen LogP contribution in [0.5, 0.6) is 0 Å². The zero-order valence-corrected chi connectivity index (χ0v) is 6.81. The van der Waals surface area contributed by atoms with E-state index >= 15 is 0 Å². The van der Waals surface area contributed by atoms with Gasteiger partial charge in [-0.05, 0) is 6.07 Å². The van der Waals surface area contributed by atoms with Crippen LogP contribution in [0.4, 0.5) is 0 Å². The molecule has 0 aliphatic heterocycles. The van der Waals surface area contributed by atoms with Crippen LogP contribution in [-0.4, -0.2) is 25.1 Å². The molecule has 13 heavy (non-hydrogen) atoms. The van der Waals surface area contributed by atoms with E-state index in [1.807, 2.05) is 0 Å². The molecule has 2 aromatic rings. The van der Waals surface area contributed by atoms with Gasteiger partial charge in [0.25, 0.3) is 0 Å². The third-order valence-electron chi connectivity index (χ3n) is 1.49. The number of H-pyrrole nitrogens is 1. The van der Waals surface area contributed by atoms with Crippen LogP contribution in [0.3, 0.4) is 0 Å². The summed E-state index contributed by atoms with van der Waals surface area (Å²) in [5.74, 6) is 1.60. The molecular formula is C7H8N6. The van der Waals surface area contributed by atoms with Crippen LogP contribution < -0.4 is 5.73 Å². The minimum absolute atomic E-state index is 0.333. The fourth-order valence-corrected chi connectivity index (χ4v) is 0.901. The first-order valence-corrected chi connectivity index (χ1v) is 3.79. The van der Waals surface area contributed by atoms with Gasteiger partial charge in [-0.1, -0.05) is 0 Å². The molecule has 0 saturated carbocycles. The fraction of sp³-hybridized carbons (Fsp3) is 0.143. The molecule has 2 heterocycles. The average molecular weight is 176 g/mol. The lowest BCUT2D eigenvalue weighted by molar-refractivity contribution is 0.917. The molecule has 6 heteroatoms. The molecule has 0 aliphatic carbocycles. The number of hydrogen-bond donors (Lipinski definition) is 2. The van der Waals surface area contributed by atoms with Gasteiger partial charge >= 0.3 is 0 Å². The Balaban J connectivity index is 2.36. The Morgan fingerprint density at radius 3 is 2.62 bits per heavy atom. The van der Waals surface area contributed by atoms with Gasteiger partial charge < -0.3 is 5.73 Å². The first kappa shape index (κ1) is 7.81. The number of nitrogens with two attached hydrogens (primary N) is 1. The zero-order valence-electron chi connectivity index (χ0n) is 6.81. The van der Waals surface area contributed by atoms with Crippen molar-refractivity contribution < 1.29 is 0 Å². The third-order valence-corrected chi connectivity index (χ3v) is 1.49. The summed E-state index contributed by atoms with van der Waals surface area (Å²) in [7, 11) is 0. The van der Waals surface area contributed by atoms with Gasteiger partial charge in [0, 0.05) is 12.4 Å². The van der Waals surface area contributed by atoms with Crippen molar-refractivity contribution in [2.75, 3.05) is 0 Å². The summed E-state index contributed by atoms with van der Waals surface area (Å²) in [6.45, 7) is 0.333. The number of aromatic nitrogens is 5. The Bertz CT molecular complexity index is 381. The van der Waals surface area contributed by atoms with Gasteiger partial charge in [-0.2, -0.15) is 0 Å². The quantitative estimate of drug-likeness (QED) is 0.656. The van der Waals surface area contributed by atoms with Crippen molar-refractivity contribution in [3.05, 3.63) is 24.3 Å². The largest absolute Gasteiger partial charge is 0.324 e. The van der Waals surface area contributed by atoms with Gasteiger partial charge in [0.2, 0.25) is 5.82 Å². The molecule has 6 nitrogen and oxygen atoms in total. The molecule has 66 valence electrons. The van der Waals surface area contributed by atoms with E-state index in [-0.39, 0.29) is 0 Å².